The standard InChI is InChI=1S/C44H70N2O8/c1-4-5-25-6-11-29-24(2)39(54-35(29)12-7-25)40(51)41(3,52)36-14-15-44(53)31-19-32(48)30-18-33(49)34(50)22-42(30)20-26(28-10-13-37(45)46-23-28)8-9-27(38(31)42)21-43(36,44)16-17-47/h8-9,19,24-30,33-40,46-47,49-53H,4-7,10-18,20-23,45H2,1-3H3. The summed E-state index contributed by atoms with van der Waals surface area (Å²) in [7, 11) is 0. The summed E-state index contributed by atoms with van der Waals surface area (Å²) in [5, 5.41) is 75.2. The second-order valence-corrected chi connectivity index (χ2v) is 20.0. The average Bonchev–Trinajstić information content (AvgIpc) is 3.44. The number of rotatable bonds is 8. The number of aliphatic hydroxyl groups is 6. The van der Waals surface area contributed by atoms with Gasteiger partial charge < -0.3 is 46.4 Å². The number of nitrogens with two attached hydrogens (primary N) is 1. The van der Waals surface area contributed by atoms with Crippen LogP contribution in [0, 0.1) is 64.1 Å². The second-order valence-electron chi connectivity index (χ2n) is 20.0. The van der Waals surface area contributed by atoms with Gasteiger partial charge in [-0.3, -0.25) is 4.79 Å². The van der Waals surface area contributed by atoms with Crippen molar-refractivity contribution in [3.63, 3.8) is 0 Å². The van der Waals surface area contributed by atoms with Gasteiger partial charge in [-0.05, 0) is 155 Å². The molecular formula is C44H70N2O8. The molecule has 0 aromatic rings. The van der Waals surface area contributed by atoms with E-state index in [-0.39, 0.29) is 67.6 Å². The smallest absolute Gasteiger partial charge is 0.159 e. The van der Waals surface area contributed by atoms with E-state index in [1.54, 1.807) is 13.0 Å². The highest BCUT2D eigenvalue weighted by Crippen LogP contribution is 2.73. The van der Waals surface area contributed by atoms with Gasteiger partial charge in [0, 0.05) is 17.9 Å². The second kappa shape index (κ2) is 14.6. The molecule has 8 rings (SSSR count). The third-order valence-electron chi connectivity index (χ3n) is 17.5. The lowest BCUT2D eigenvalue weighted by Gasteiger charge is -2.64. The number of fused-ring (bicyclic) bond motifs is 3. The fraction of sp³-hybridized carbons (Fsp3) is 0.886. The van der Waals surface area contributed by atoms with Crippen LogP contribution in [-0.2, 0) is 9.53 Å². The molecule has 4 saturated carbocycles. The molecule has 0 aromatic carbocycles. The number of ether oxygens (including phenoxy) is 1. The van der Waals surface area contributed by atoms with Gasteiger partial charge in [0.15, 0.2) is 5.78 Å². The highest BCUT2D eigenvalue weighted by Gasteiger charge is 2.73. The van der Waals surface area contributed by atoms with Gasteiger partial charge in [0.2, 0.25) is 0 Å². The number of aliphatic hydroxyl groups excluding tert-OH is 4. The van der Waals surface area contributed by atoms with Gasteiger partial charge in [-0.25, -0.2) is 0 Å². The van der Waals surface area contributed by atoms with Gasteiger partial charge in [0.25, 0.3) is 0 Å². The van der Waals surface area contributed by atoms with Gasteiger partial charge in [-0.15, -0.1) is 0 Å². The lowest BCUT2D eigenvalue weighted by molar-refractivity contribution is -0.211. The van der Waals surface area contributed by atoms with Crippen molar-refractivity contribution in [3.8, 4) is 0 Å². The van der Waals surface area contributed by atoms with Crippen LogP contribution in [0.15, 0.2) is 23.8 Å². The number of piperidine rings is 1. The molecule has 54 heavy (non-hydrogen) atoms. The number of ketones is 1. The van der Waals surface area contributed by atoms with E-state index < -0.39 is 58.3 Å². The molecule has 19 atom stereocenters. The number of hydrogen-bond acceptors (Lipinski definition) is 10. The Morgan fingerprint density at radius 1 is 1.04 bits per heavy atom. The molecular weight excluding hydrogens is 684 g/mol. The molecule has 2 aliphatic heterocycles. The maximum absolute atomic E-state index is 14.5. The van der Waals surface area contributed by atoms with Crippen molar-refractivity contribution in [1.29, 1.82) is 0 Å². The van der Waals surface area contributed by atoms with Crippen molar-refractivity contribution < 1.29 is 40.2 Å². The Kier molecular flexibility index (Phi) is 10.7. The monoisotopic (exact) mass is 755 g/mol. The maximum Gasteiger partial charge on any atom is 0.159 e. The molecule has 1 spiro atoms. The third-order valence-corrected chi connectivity index (χ3v) is 17.5. The predicted molar refractivity (Wildman–Crippen MR) is 204 cm³/mol. The van der Waals surface area contributed by atoms with Gasteiger partial charge in [0.1, 0.15) is 6.10 Å². The zero-order valence-electron chi connectivity index (χ0n) is 33.0. The minimum atomic E-state index is -1.65. The zero-order valence-corrected chi connectivity index (χ0v) is 33.0. The summed E-state index contributed by atoms with van der Waals surface area (Å²) in [4.78, 5) is 14.5. The van der Waals surface area contributed by atoms with Gasteiger partial charge in [0.05, 0.1) is 41.8 Å². The van der Waals surface area contributed by atoms with Gasteiger partial charge in [-0.2, -0.15) is 0 Å². The number of carbonyl (C=O) groups excluding carboxylic acids is 1. The first-order valence-corrected chi connectivity index (χ1v) is 21.9. The molecule has 2 saturated heterocycles. The molecule has 19 unspecified atom stereocenters. The maximum atomic E-state index is 14.5. The summed E-state index contributed by atoms with van der Waals surface area (Å²) >= 11 is 0. The van der Waals surface area contributed by atoms with Crippen molar-refractivity contribution in [2.75, 3.05) is 13.2 Å². The van der Waals surface area contributed by atoms with Gasteiger partial charge in [-0.1, -0.05) is 45.3 Å². The zero-order chi connectivity index (χ0) is 38.4. The highest BCUT2D eigenvalue weighted by atomic mass is 16.5. The fourth-order valence-electron chi connectivity index (χ4n) is 14.9. The summed E-state index contributed by atoms with van der Waals surface area (Å²) < 4.78 is 6.73. The first kappa shape index (κ1) is 39.6. The minimum Gasteiger partial charge on any atom is -0.396 e. The van der Waals surface area contributed by atoms with E-state index in [1.165, 1.54) is 19.3 Å². The molecule has 10 nitrogen and oxygen atoms in total. The van der Waals surface area contributed by atoms with E-state index in [1.807, 2.05) is 0 Å². The predicted octanol–water partition coefficient (Wildman–Crippen LogP) is 3.74. The quantitative estimate of drug-likeness (QED) is 0.170. The Hall–Kier alpha value is -1.21. The molecule has 0 radical (unpaired) electrons. The topological polar surface area (TPSA) is 186 Å². The Bertz CT molecular complexity index is 1460. The van der Waals surface area contributed by atoms with Crippen molar-refractivity contribution in [2.24, 2.45) is 69.8 Å². The van der Waals surface area contributed by atoms with E-state index in [0.29, 0.717) is 43.1 Å². The van der Waals surface area contributed by atoms with E-state index in [4.69, 9.17) is 10.5 Å². The Labute approximate surface area is 322 Å². The summed E-state index contributed by atoms with van der Waals surface area (Å²) in [6.45, 7) is 6.69. The largest absolute Gasteiger partial charge is 0.396 e. The first-order chi connectivity index (χ1) is 25.7. The number of allylic oxidation sites excluding steroid dienone is 3. The van der Waals surface area contributed by atoms with Crippen LogP contribution in [0.1, 0.15) is 117 Å². The summed E-state index contributed by atoms with van der Waals surface area (Å²) in [5.74, 6) is -0.0149. The molecule has 8 aliphatic rings. The van der Waals surface area contributed by atoms with E-state index in [0.717, 1.165) is 44.6 Å². The van der Waals surface area contributed by atoms with Crippen molar-refractivity contribution in [1.82, 2.24) is 5.32 Å². The molecule has 0 aromatic heterocycles. The van der Waals surface area contributed by atoms with Crippen LogP contribution in [-0.4, -0.2) is 97.5 Å². The Balaban J connectivity index is 1.16. The number of hydrogen-bond donors (Lipinski definition) is 8. The molecule has 10 heteroatoms. The van der Waals surface area contributed by atoms with Crippen LogP contribution < -0.4 is 11.1 Å². The highest BCUT2D eigenvalue weighted by molar-refractivity contribution is 5.95. The molecule has 6 fully saturated rings. The van der Waals surface area contributed by atoms with Crippen LogP contribution in [0.2, 0.25) is 0 Å². The normalized spacial score (nSPS) is 51.8. The Morgan fingerprint density at radius 2 is 1.80 bits per heavy atom. The lowest BCUT2D eigenvalue weighted by Crippen LogP contribution is -2.67. The van der Waals surface area contributed by atoms with E-state index in [2.05, 4.69) is 31.3 Å². The molecule has 9 N–H and O–H groups in total. The third kappa shape index (κ3) is 6.01. The van der Waals surface area contributed by atoms with Crippen LogP contribution in [0.3, 0.4) is 0 Å². The number of carbonyl (C=O) groups is 1. The van der Waals surface area contributed by atoms with E-state index >= 15 is 0 Å². The first-order valence-electron chi connectivity index (χ1n) is 21.9. The van der Waals surface area contributed by atoms with Crippen LogP contribution in [0.5, 0.6) is 0 Å². The minimum absolute atomic E-state index is 0.0432. The molecule has 2 heterocycles. The summed E-state index contributed by atoms with van der Waals surface area (Å²) in [6, 6.07) is 0. The van der Waals surface area contributed by atoms with Crippen LogP contribution >= 0.6 is 0 Å². The molecule has 0 amide bonds. The Morgan fingerprint density at radius 3 is 2.52 bits per heavy atom. The average molecular weight is 755 g/mol. The molecule has 304 valence electrons. The SMILES string of the molecule is CCCC1CCC2OC(C(O)C(C)(O)C3CCC4(O)C5=CC(=O)C6CC(O)C(O)CC67CC(C6CCC(N)NC6)C=CC(CC34CCO)C57)C(C)C2CC1. The van der Waals surface area contributed by atoms with Crippen LogP contribution in [0.4, 0.5) is 0 Å². The fourth-order valence-corrected chi connectivity index (χ4v) is 14.9. The lowest BCUT2D eigenvalue weighted by atomic mass is 9.41. The van der Waals surface area contributed by atoms with Gasteiger partial charge >= 0.3 is 0 Å². The van der Waals surface area contributed by atoms with Crippen molar-refractivity contribution in [3.05, 3.63) is 23.8 Å². The summed E-state index contributed by atoms with van der Waals surface area (Å²) in [6.07, 6.45) is 13.7. The number of nitrogens with one attached hydrogen (secondary N) is 1. The summed E-state index contributed by atoms with van der Waals surface area (Å²) in [5.41, 5.74) is 2.06. The van der Waals surface area contributed by atoms with E-state index in [9.17, 15) is 35.4 Å². The van der Waals surface area contributed by atoms with Crippen molar-refractivity contribution in [2.45, 2.75) is 165 Å². The molecule has 6 aliphatic carbocycles. The van der Waals surface area contributed by atoms with Crippen LogP contribution in [0.25, 0.3) is 0 Å². The van der Waals surface area contributed by atoms with Crippen molar-refractivity contribution >= 4 is 5.78 Å². The molecule has 0 bridgehead atoms.